The number of piperidine rings is 1. The number of terminal acetylenes is 1. The number of amides is 1. The molecule has 6 rings (SSSR count). The number of carboxylic acids is 1. The fraction of sp³-hybridized carbons (Fsp3) is 0.447. The predicted molar refractivity (Wildman–Crippen MR) is 180 cm³/mol. The van der Waals surface area contributed by atoms with Crippen LogP contribution in [-0.4, -0.2) is 58.3 Å². The van der Waals surface area contributed by atoms with Gasteiger partial charge in [0.25, 0.3) is 5.56 Å². The van der Waals surface area contributed by atoms with Crippen LogP contribution in [0.1, 0.15) is 78.6 Å². The van der Waals surface area contributed by atoms with Crippen molar-refractivity contribution >= 4 is 11.9 Å². The van der Waals surface area contributed by atoms with Crippen LogP contribution in [0.4, 0.5) is 22.0 Å². The van der Waals surface area contributed by atoms with E-state index >= 15 is 4.39 Å². The molecular formula is C38H40F5N3O5. The Bertz CT molecular complexity index is 1890. The highest BCUT2D eigenvalue weighted by molar-refractivity contribution is 5.82. The van der Waals surface area contributed by atoms with Gasteiger partial charge in [-0.3, -0.25) is 19.3 Å². The van der Waals surface area contributed by atoms with Crippen molar-refractivity contribution in [3.63, 3.8) is 0 Å². The fourth-order valence-corrected chi connectivity index (χ4v) is 7.19. The highest BCUT2D eigenvalue weighted by Gasteiger charge is 2.39. The monoisotopic (exact) mass is 713 g/mol. The second-order valence-corrected chi connectivity index (χ2v) is 13.9. The summed E-state index contributed by atoms with van der Waals surface area (Å²) in [5, 5.41) is 12.4. The van der Waals surface area contributed by atoms with Crippen LogP contribution >= 0.6 is 0 Å². The van der Waals surface area contributed by atoms with E-state index in [9.17, 15) is 37.1 Å². The third-order valence-corrected chi connectivity index (χ3v) is 9.45. The predicted octanol–water partition coefficient (Wildman–Crippen LogP) is 6.35. The molecule has 272 valence electrons. The summed E-state index contributed by atoms with van der Waals surface area (Å²) in [7, 11) is 0. The zero-order valence-electron chi connectivity index (χ0n) is 28.7. The van der Waals surface area contributed by atoms with Crippen LogP contribution in [0.5, 0.6) is 0 Å². The van der Waals surface area contributed by atoms with Crippen LogP contribution in [-0.2, 0) is 26.9 Å². The molecule has 4 atom stereocenters. The minimum atomic E-state index is -4.83. The number of benzene rings is 2. The number of carbonyl (C=O) groups excluding carboxylic acids is 1. The first-order valence-electron chi connectivity index (χ1n) is 16.7. The van der Waals surface area contributed by atoms with Gasteiger partial charge in [-0.1, -0.05) is 19.8 Å². The van der Waals surface area contributed by atoms with Gasteiger partial charge in [-0.15, -0.1) is 6.42 Å². The fourth-order valence-electron chi connectivity index (χ4n) is 7.19. The summed E-state index contributed by atoms with van der Waals surface area (Å²) in [5.41, 5.74) is -0.918. The molecule has 2 aromatic carbocycles. The van der Waals surface area contributed by atoms with Crippen molar-refractivity contribution in [2.45, 2.75) is 83.8 Å². The van der Waals surface area contributed by atoms with Crippen molar-refractivity contribution < 1.29 is 41.4 Å². The number of aromatic nitrogens is 1. The van der Waals surface area contributed by atoms with Crippen LogP contribution in [0.15, 0.2) is 41.3 Å². The quantitative estimate of drug-likeness (QED) is 0.168. The number of halogens is 5. The average Bonchev–Trinajstić information content (AvgIpc) is 3.01. The van der Waals surface area contributed by atoms with Gasteiger partial charge in [0.15, 0.2) is 0 Å². The van der Waals surface area contributed by atoms with Crippen LogP contribution in [0, 0.1) is 43.7 Å². The van der Waals surface area contributed by atoms with Gasteiger partial charge < -0.3 is 19.7 Å². The molecule has 3 aromatic rings. The molecular weight excluding hydrogens is 673 g/mol. The number of pyridine rings is 1. The Morgan fingerprint density at radius 1 is 1.08 bits per heavy atom. The molecule has 0 radical (unpaired) electrons. The third-order valence-electron chi connectivity index (χ3n) is 9.45. The second-order valence-electron chi connectivity index (χ2n) is 13.9. The molecule has 3 fully saturated rings. The summed E-state index contributed by atoms with van der Waals surface area (Å²) in [6.45, 7) is 8.25. The number of nitrogens with zero attached hydrogens (tertiary/aromatic N) is 2. The molecule has 1 aromatic heterocycles. The number of carbonyl (C=O) groups is 2. The smallest absolute Gasteiger partial charge is 0.416 e. The van der Waals surface area contributed by atoms with Crippen LogP contribution in [0.3, 0.4) is 0 Å². The van der Waals surface area contributed by atoms with Crippen LogP contribution in [0.25, 0.3) is 11.1 Å². The van der Waals surface area contributed by atoms with Gasteiger partial charge in [-0.05, 0) is 84.7 Å². The number of morpholine rings is 1. The van der Waals surface area contributed by atoms with E-state index in [2.05, 4.69) is 11.2 Å². The maximum atomic E-state index is 15.9. The lowest BCUT2D eigenvalue weighted by Crippen LogP contribution is -2.57. The highest BCUT2D eigenvalue weighted by Crippen LogP contribution is 2.36. The Labute approximate surface area is 292 Å². The molecule has 51 heavy (non-hydrogen) atoms. The zero-order valence-corrected chi connectivity index (χ0v) is 28.7. The van der Waals surface area contributed by atoms with E-state index in [1.807, 2.05) is 4.90 Å². The number of ether oxygens (including phenoxy) is 1. The SMILES string of the molecule is C#Cc1cc(-c2c(C)cc(F)cc2C)cc([C@@H](CC(=O)O)NC(=O)[C@@H](CC(C)C)n2cc(CCN3CC4CC(C3)O4)c(C(F)(F)F)cc2=O)c1F. The molecule has 1 amide bonds. The van der Waals surface area contributed by atoms with Crippen LogP contribution < -0.4 is 10.9 Å². The number of fused-ring (bicyclic) bond motifs is 2. The lowest BCUT2D eigenvalue weighted by atomic mass is 9.90. The van der Waals surface area contributed by atoms with Gasteiger partial charge in [0, 0.05) is 43.9 Å². The first kappa shape index (κ1) is 37.7. The standard InChI is InChI=1S/C38H40F5N3O5/c1-6-23-12-25(35-21(4)10-26(39)11-22(35)5)13-29(36(23)40)31(16-34(48)49)44-37(50)32(9-20(2)3)46-17-24(30(15-33(46)47)38(41,42)43)7-8-45-18-27-14-28(19-45)51-27/h1,10-13,15,17,20,27-28,31-32H,7-9,14,16,18-19H2,2-5H3,(H,44,50)(H,48,49)/t27?,28?,31-,32-/m1/s1. The van der Waals surface area contributed by atoms with Gasteiger partial charge in [-0.25, -0.2) is 8.78 Å². The minimum absolute atomic E-state index is 0.00471. The molecule has 0 spiro atoms. The Morgan fingerprint density at radius 2 is 1.71 bits per heavy atom. The molecule has 3 aliphatic heterocycles. The number of hydrogen-bond acceptors (Lipinski definition) is 5. The zero-order chi connectivity index (χ0) is 37.4. The topological polar surface area (TPSA) is 101 Å². The van der Waals surface area contributed by atoms with Crippen LogP contribution in [0.2, 0.25) is 0 Å². The van der Waals surface area contributed by atoms with Gasteiger partial charge in [0.1, 0.15) is 17.7 Å². The number of aliphatic carboxylic acids is 1. The molecule has 3 saturated heterocycles. The third kappa shape index (κ3) is 8.51. The van der Waals surface area contributed by atoms with E-state index < -0.39 is 59.3 Å². The molecule has 2 bridgehead atoms. The average molecular weight is 714 g/mol. The van der Waals surface area contributed by atoms with E-state index in [-0.39, 0.29) is 54.2 Å². The van der Waals surface area contributed by atoms with E-state index in [1.54, 1.807) is 27.7 Å². The molecule has 2 N–H and O–H groups in total. The van der Waals surface area contributed by atoms with E-state index in [4.69, 9.17) is 11.2 Å². The normalized spacial score (nSPS) is 18.5. The number of nitrogens with one attached hydrogen (secondary N) is 1. The van der Waals surface area contributed by atoms with Crippen molar-refractivity contribution in [2.75, 3.05) is 19.6 Å². The molecule has 0 aliphatic carbocycles. The summed E-state index contributed by atoms with van der Waals surface area (Å²) >= 11 is 0. The Hall–Kier alpha value is -4.54. The Balaban J connectivity index is 1.53. The Morgan fingerprint density at radius 3 is 2.25 bits per heavy atom. The van der Waals surface area contributed by atoms with Crippen molar-refractivity contribution in [3.05, 3.63) is 91.9 Å². The highest BCUT2D eigenvalue weighted by atomic mass is 19.4. The first-order valence-corrected chi connectivity index (χ1v) is 16.7. The number of hydrogen-bond donors (Lipinski definition) is 2. The molecule has 2 unspecified atom stereocenters. The van der Waals surface area contributed by atoms with Crippen molar-refractivity contribution in [3.8, 4) is 23.5 Å². The van der Waals surface area contributed by atoms with Crippen molar-refractivity contribution in [2.24, 2.45) is 5.92 Å². The number of carboxylic acid groups (broad SMARTS) is 1. The number of alkyl halides is 3. The van der Waals surface area contributed by atoms with Gasteiger partial charge in [-0.2, -0.15) is 13.2 Å². The second kappa shape index (κ2) is 15.0. The minimum Gasteiger partial charge on any atom is -0.481 e. The molecule has 0 saturated carbocycles. The van der Waals surface area contributed by atoms with E-state index in [1.165, 1.54) is 24.3 Å². The van der Waals surface area contributed by atoms with E-state index in [0.29, 0.717) is 41.4 Å². The van der Waals surface area contributed by atoms with Gasteiger partial charge in [0.2, 0.25) is 5.91 Å². The van der Waals surface area contributed by atoms with E-state index in [0.717, 1.165) is 17.2 Å². The molecule has 8 nitrogen and oxygen atoms in total. The summed E-state index contributed by atoms with van der Waals surface area (Å²) in [5.74, 6) is -1.72. The molecule has 3 aliphatic rings. The van der Waals surface area contributed by atoms with Crippen molar-refractivity contribution in [1.82, 2.24) is 14.8 Å². The summed E-state index contributed by atoms with van der Waals surface area (Å²) in [6, 6.07) is 2.89. The lowest BCUT2D eigenvalue weighted by Gasteiger charge is -2.47. The maximum Gasteiger partial charge on any atom is 0.416 e. The number of rotatable bonds is 12. The lowest BCUT2D eigenvalue weighted by molar-refractivity contribution is -0.180. The first-order chi connectivity index (χ1) is 23.9. The Kier molecular flexibility index (Phi) is 11.1. The van der Waals surface area contributed by atoms with Gasteiger partial charge >= 0.3 is 12.1 Å². The molecule has 4 heterocycles. The van der Waals surface area contributed by atoms with Crippen molar-refractivity contribution in [1.29, 1.82) is 0 Å². The number of aryl methyl sites for hydroxylation is 2. The summed E-state index contributed by atoms with van der Waals surface area (Å²) < 4.78 is 79.2. The maximum absolute atomic E-state index is 15.9. The van der Waals surface area contributed by atoms with Gasteiger partial charge in [0.05, 0.1) is 35.8 Å². The molecule has 13 heteroatoms. The largest absolute Gasteiger partial charge is 0.481 e. The summed E-state index contributed by atoms with van der Waals surface area (Å²) in [6.07, 6.45) is 2.00. The summed E-state index contributed by atoms with van der Waals surface area (Å²) in [4.78, 5) is 41.5.